The van der Waals surface area contributed by atoms with Gasteiger partial charge in [-0.1, -0.05) is 44.0 Å². The van der Waals surface area contributed by atoms with Gasteiger partial charge in [-0.2, -0.15) is 5.26 Å². The van der Waals surface area contributed by atoms with Gasteiger partial charge in [-0.3, -0.25) is 14.5 Å². The molecule has 0 spiro atoms. The first kappa shape index (κ1) is 24.7. The number of nitriles is 1. The van der Waals surface area contributed by atoms with Crippen molar-refractivity contribution in [1.82, 2.24) is 0 Å². The molecule has 1 saturated heterocycles. The Morgan fingerprint density at radius 2 is 1.69 bits per heavy atom. The van der Waals surface area contributed by atoms with Crippen LogP contribution in [0, 0.1) is 18.3 Å². The molecule has 0 bridgehead atoms. The van der Waals surface area contributed by atoms with Gasteiger partial charge in [-0.25, -0.2) is 0 Å². The van der Waals surface area contributed by atoms with E-state index < -0.39 is 17.7 Å². The minimum Gasteiger partial charge on any atom is -0.507 e. The minimum atomic E-state index is -0.816. The molecule has 3 aromatic rings. The lowest BCUT2D eigenvalue weighted by atomic mass is 9.92. The Bertz CT molecular complexity index is 1330. The number of hydrogen-bond donors (Lipinski definition) is 1. The van der Waals surface area contributed by atoms with Crippen LogP contribution in [0.4, 0.5) is 5.69 Å². The maximum Gasteiger partial charge on any atom is 0.300 e. The molecule has 1 fully saturated rings. The van der Waals surface area contributed by atoms with Gasteiger partial charge in [-0.15, -0.1) is 0 Å². The van der Waals surface area contributed by atoms with Crippen LogP contribution in [0.15, 0.2) is 78.4 Å². The lowest BCUT2D eigenvalue weighted by Crippen LogP contribution is -2.29. The molecule has 6 heteroatoms. The van der Waals surface area contributed by atoms with Crippen molar-refractivity contribution < 1.29 is 19.4 Å². The summed E-state index contributed by atoms with van der Waals surface area (Å²) in [6.45, 7) is 4.65. The second-order valence-electron chi connectivity index (χ2n) is 8.76. The molecule has 1 heterocycles. The van der Waals surface area contributed by atoms with E-state index in [9.17, 15) is 14.7 Å². The molecule has 182 valence electrons. The van der Waals surface area contributed by atoms with E-state index in [2.05, 4.69) is 13.0 Å². The molecule has 6 nitrogen and oxygen atoms in total. The highest BCUT2D eigenvalue weighted by Gasteiger charge is 2.47. The van der Waals surface area contributed by atoms with Gasteiger partial charge in [0.1, 0.15) is 11.5 Å². The summed E-state index contributed by atoms with van der Waals surface area (Å²) in [5.41, 5.74) is 2.98. The molecule has 0 radical (unpaired) electrons. The predicted molar refractivity (Wildman–Crippen MR) is 139 cm³/mol. The van der Waals surface area contributed by atoms with Gasteiger partial charge in [0.05, 0.1) is 29.9 Å². The first-order valence-electron chi connectivity index (χ1n) is 12.1. The number of unbranched alkanes of at least 4 members (excludes halogenated alkanes) is 2. The van der Waals surface area contributed by atoms with Crippen LogP contribution in [-0.2, 0) is 9.59 Å². The second-order valence-corrected chi connectivity index (χ2v) is 8.76. The smallest absolute Gasteiger partial charge is 0.300 e. The number of aliphatic hydroxyl groups is 1. The number of nitrogens with zero attached hydrogens (tertiary/aromatic N) is 2. The van der Waals surface area contributed by atoms with Gasteiger partial charge < -0.3 is 9.84 Å². The molecule has 3 aromatic carbocycles. The Hall–Kier alpha value is -4.37. The van der Waals surface area contributed by atoms with E-state index in [0.29, 0.717) is 29.2 Å². The highest BCUT2D eigenvalue weighted by molar-refractivity contribution is 6.51. The zero-order valence-corrected chi connectivity index (χ0v) is 20.4. The molecule has 1 unspecified atom stereocenters. The summed E-state index contributed by atoms with van der Waals surface area (Å²) < 4.78 is 5.76. The van der Waals surface area contributed by atoms with Crippen molar-refractivity contribution in [3.05, 3.63) is 101 Å². The fourth-order valence-corrected chi connectivity index (χ4v) is 4.39. The number of carbonyl (C=O) groups excluding carboxylic acids is 2. The summed E-state index contributed by atoms with van der Waals surface area (Å²) in [4.78, 5) is 28.0. The van der Waals surface area contributed by atoms with Crippen molar-refractivity contribution in [3.8, 4) is 11.8 Å². The summed E-state index contributed by atoms with van der Waals surface area (Å²) in [5.74, 6) is -1.05. The monoisotopic (exact) mass is 480 g/mol. The molecular weight excluding hydrogens is 452 g/mol. The quantitative estimate of drug-likeness (QED) is 0.183. The van der Waals surface area contributed by atoms with Crippen LogP contribution in [0.2, 0.25) is 0 Å². The summed E-state index contributed by atoms with van der Waals surface area (Å²) >= 11 is 0. The van der Waals surface area contributed by atoms with E-state index in [4.69, 9.17) is 10.00 Å². The van der Waals surface area contributed by atoms with Crippen LogP contribution in [-0.4, -0.2) is 23.4 Å². The number of rotatable bonds is 8. The normalized spacial score (nSPS) is 16.7. The van der Waals surface area contributed by atoms with E-state index in [-0.39, 0.29) is 11.3 Å². The van der Waals surface area contributed by atoms with Crippen LogP contribution in [0.3, 0.4) is 0 Å². The number of hydrogen-bond acceptors (Lipinski definition) is 5. The van der Waals surface area contributed by atoms with Crippen LogP contribution >= 0.6 is 0 Å². The second kappa shape index (κ2) is 10.9. The fraction of sp³-hybridized carbons (Fsp3) is 0.233. The highest BCUT2D eigenvalue weighted by atomic mass is 16.5. The minimum absolute atomic E-state index is 0.0234. The number of aryl methyl sites for hydroxylation is 1. The molecular formula is C30H28N2O4. The number of Topliss-reactive ketones (excluding diaryl/α,β-unsaturated/α-hetero) is 1. The van der Waals surface area contributed by atoms with Crippen molar-refractivity contribution in [2.75, 3.05) is 11.5 Å². The molecule has 0 aromatic heterocycles. The van der Waals surface area contributed by atoms with Gasteiger partial charge >= 0.3 is 0 Å². The van der Waals surface area contributed by atoms with Crippen molar-refractivity contribution in [2.45, 2.75) is 39.2 Å². The van der Waals surface area contributed by atoms with Gasteiger partial charge in [0, 0.05) is 11.3 Å². The molecule has 1 atom stereocenters. The summed E-state index contributed by atoms with van der Waals surface area (Å²) in [6, 6.07) is 22.1. The third-order valence-electron chi connectivity index (χ3n) is 6.35. The SMILES string of the molecule is CCCCCOc1ccc(/C(O)=C2/C(=O)C(=O)N(c3ccc(C#N)cc3)C2c2ccccc2C)cc1. The molecule has 0 aliphatic carbocycles. The summed E-state index contributed by atoms with van der Waals surface area (Å²) in [7, 11) is 0. The highest BCUT2D eigenvalue weighted by Crippen LogP contribution is 2.43. The number of amides is 1. The molecule has 1 aliphatic heterocycles. The van der Waals surface area contributed by atoms with Gasteiger partial charge in [0.25, 0.3) is 11.7 Å². The number of ether oxygens (including phenoxy) is 1. The van der Waals surface area contributed by atoms with Gasteiger partial charge in [0.2, 0.25) is 0 Å². The fourth-order valence-electron chi connectivity index (χ4n) is 4.39. The summed E-state index contributed by atoms with van der Waals surface area (Å²) in [5, 5.41) is 20.5. The van der Waals surface area contributed by atoms with Crippen LogP contribution < -0.4 is 9.64 Å². The zero-order valence-electron chi connectivity index (χ0n) is 20.4. The Morgan fingerprint density at radius 3 is 2.33 bits per heavy atom. The Kier molecular flexibility index (Phi) is 7.50. The van der Waals surface area contributed by atoms with Crippen molar-refractivity contribution >= 4 is 23.1 Å². The molecule has 1 amide bonds. The number of carbonyl (C=O) groups is 2. The standard InChI is InChI=1S/C30H28N2O4/c1-3-4-7-18-36-24-16-12-22(13-17-24)28(33)26-27(25-9-6-5-8-20(25)2)32(30(35)29(26)34)23-14-10-21(19-31)11-15-23/h5-6,8-17,27,33H,3-4,7,18H2,1-2H3/b28-26-. The van der Waals surface area contributed by atoms with E-state index in [1.807, 2.05) is 31.2 Å². The average molecular weight is 481 g/mol. The van der Waals surface area contributed by atoms with Crippen LogP contribution in [0.25, 0.3) is 5.76 Å². The van der Waals surface area contributed by atoms with Crippen molar-refractivity contribution in [1.29, 1.82) is 5.26 Å². The van der Waals surface area contributed by atoms with Gasteiger partial charge in [-0.05, 0) is 73.0 Å². The topological polar surface area (TPSA) is 90.6 Å². The van der Waals surface area contributed by atoms with E-state index >= 15 is 0 Å². The number of anilines is 1. The maximum atomic E-state index is 13.3. The Morgan fingerprint density at radius 1 is 1.00 bits per heavy atom. The van der Waals surface area contributed by atoms with E-state index in [0.717, 1.165) is 30.4 Å². The molecule has 36 heavy (non-hydrogen) atoms. The lowest BCUT2D eigenvalue weighted by molar-refractivity contribution is -0.132. The third-order valence-corrected chi connectivity index (χ3v) is 6.35. The summed E-state index contributed by atoms with van der Waals surface area (Å²) in [6.07, 6.45) is 3.17. The van der Waals surface area contributed by atoms with Crippen LogP contribution in [0.5, 0.6) is 5.75 Å². The van der Waals surface area contributed by atoms with E-state index in [1.54, 1.807) is 48.5 Å². The molecule has 1 aliphatic rings. The first-order valence-corrected chi connectivity index (χ1v) is 12.1. The first-order chi connectivity index (χ1) is 17.5. The largest absolute Gasteiger partial charge is 0.507 e. The Labute approximate surface area is 211 Å². The maximum absolute atomic E-state index is 13.3. The van der Waals surface area contributed by atoms with Crippen molar-refractivity contribution in [3.63, 3.8) is 0 Å². The zero-order chi connectivity index (χ0) is 25.7. The average Bonchev–Trinajstić information content (AvgIpc) is 3.17. The van der Waals surface area contributed by atoms with Gasteiger partial charge in [0.15, 0.2) is 0 Å². The molecule has 4 rings (SSSR count). The molecule has 1 N–H and O–H groups in total. The lowest BCUT2D eigenvalue weighted by Gasteiger charge is -2.26. The number of benzene rings is 3. The van der Waals surface area contributed by atoms with E-state index in [1.165, 1.54) is 4.90 Å². The third kappa shape index (κ3) is 4.87. The van der Waals surface area contributed by atoms with Crippen LogP contribution in [0.1, 0.15) is 54.5 Å². The number of ketones is 1. The molecule has 0 saturated carbocycles. The predicted octanol–water partition coefficient (Wildman–Crippen LogP) is 6.06. The Balaban J connectivity index is 1.77. The number of aliphatic hydroxyl groups excluding tert-OH is 1. The van der Waals surface area contributed by atoms with Crippen molar-refractivity contribution in [2.24, 2.45) is 0 Å².